The summed E-state index contributed by atoms with van der Waals surface area (Å²) < 4.78 is 0. The molecular weight excluding hydrogens is 234 g/mol. The monoisotopic (exact) mass is 251 g/mol. The molecule has 0 saturated heterocycles. The van der Waals surface area contributed by atoms with Crippen molar-refractivity contribution in [2.75, 3.05) is 0 Å². The Kier molecular flexibility index (Phi) is 4.87. The molecule has 0 bridgehead atoms. The summed E-state index contributed by atoms with van der Waals surface area (Å²) in [5.74, 6) is 0.606. The van der Waals surface area contributed by atoms with E-state index in [0.717, 1.165) is 10.6 Å². The maximum atomic E-state index is 6.02. The molecule has 92 valence electrons. The van der Waals surface area contributed by atoms with Crippen LogP contribution < -0.4 is 0 Å². The fourth-order valence-corrected chi connectivity index (χ4v) is 2.32. The summed E-state index contributed by atoms with van der Waals surface area (Å²) in [5.41, 5.74) is 0.981. The average Bonchev–Trinajstić information content (AvgIpc) is 2.38. The molecule has 0 unspecified atom stereocenters. The van der Waals surface area contributed by atoms with Gasteiger partial charge in [0.15, 0.2) is 0 Å². The second kappa shape index (κ2) is 6.65. The zero-order valence-corrected chi connectivity index (χ0v) is 10.7. The highest BCUT2D eigenvalue weighted by atomic mass is 35.5. The Hall–Kier alpha value is -1.02. The minimum atomic E-state index is 0.447. The van der Waals surface area contributed by atoms with Crippen LogP contribution in [0.2, 0.25) is 5.02 Å². The Labute approximate surface area is 108 Å². The Bertz CT molecular complexity index is 372. The lowest BCUT2D eigenvalue weighted by Gasteiger charge is -2.16. The Morgan fingerprint density at radius 2 is 2.00 bits per heavy atom. The predicted molar refractivity (Wildman–Crippen MR) is 71.3 cm³/mol. The second-order valence-electron chi connectivity index (χ2n) is 4.52. The van der Waals surface area contributed by atoms with Crippen LogP contribution in [0.4, 0.5) is 0 Å². The smallest absolute Gasteiger partial charge is 0.143 e. The number of oxime groups is 1. The summed E-state index contributed by atoms with van der Waals surface area (Å²) in [4.78, 5) is 5.29. The molecule has 0 aliphatic heterocycles. The summed E-state index contributed by atoms with van der Waals surface area (Å²) in [6.07, 6.45) is 8.46. The van der Waals surface area contributed by atoms with Gasteiger partial charge >= 0.3 is 0 Å². The number of benzene rings is 1. The third-order valence-corrected chi connectivity index (χ3v) is 3.54. The van der Waals surface area contributed by atoms with Crippen molar-refractivity contribution in [3.63, 3.8) is 0 Å². The van der Waals surface area contributed by atoms with Gasteiger partial charge in [0, 0.05) is 16.8 Å². The second-order valence-corrected chi connectivity index (χ2v) is 4.92. The van der Waals surface area contributed by atoms with E-state index in [2.05, 4.69) is 5.16 Å². The van der Waals surface area contributed by atoms with E-state index in [0.29, 0.717) is 12.5 Å². The lowest BCUT2D eigenvalue weighted by molar-refractivity contribution is 0.130. The highest BCUT2D eigenvalue weighted by molar-refractivity contribution is 6.31. The van der Waals surface area contributed by atoms with Crippen molar-refractivity contribution in [1.29, 1.82) is 0 Å². The van der Waals surface area contributed by atoms with Crippen molar-refractivity contribution < 1.29 is 4.84 Å². The summed E-state index contributed by atoms with van der Waals surface area (Å²) in [5, 5.41) is 4.78. The van der Waals surface area contributed by atoms with Crippen molar-refractivity contribution in [1.82, 2.24) is 0 Å². The number of halogens is 1. The number of nitrogens with zero attached hydrogens (tertiary/aromatic N) is 1. The molecule has 0 heterocycles. The number of hydrogen-bond acceptors (Lipinski definition) is 2. The van der Waals surface area contributed by atoms with Crippen LogP contribution in [-0.4, -0.2) is 6.21 Å². The molecule has 2 rings (SSSR count). The molecule has 0 N–H and O–H groups in total. The van der Waals surface area contributed by atoms with E-state index in [1.807, 2.05) is 30.5 Å². The molecule has 1 fully saturated rings. The molecule has 1 aliphatic rings. The normalized spacial score (nSPS) is 17.5. The van der Waals surface area contributed by atoms with E-state index in [1.165, 1.54) is 32.1 Å². The molecule has 0 radical (unpaired) electrons. The maximum Gasteiger partial charge on any atom is 0.143 e. The van der Waals surface area contributed by atoms with Gasteiger partial charge in [-0.25, -0.2) is 0 Å². The van der Waals surface area contributed by atoms with Gasteiger partial charge in [-0.1, -0.05) is 54.2 Å². The fourth-order valence-electron chi connectivity index (χ4n) is 2.13. The first-order valence-electron chi connectivity index (χ1n) is 6.25. The maximum absolute atomic E-state index is 6.02. The standard InChI is InChI=1S/C14H18ClNO/c15-14-9-5-4-8-13(14)11-17-16-10-12-6-2-1-3-7-12/h4-5,8-10,12H,1-3,6-7,11H2. The topological polar surface area (TPSA) is 21.6 Å². The molecule has 0 aromatic heterocycles. The van der Waals surface area contributed by atoms with E-state index in [-0.39, 0.29) is 0 Å². The molecule has 3 heteroatoms. The average molecular weight is 252 g/mol. The molecular formula is C14H18ClNO. The summed E-state index contributed by atoms with van der Waals surface area (Å²) >= 11 is 6.02. The van der Waals surface area contributed by atoms with Crippen LogP contribution in [0.3, 0.4) is 0 Å². The molecule has 1 saturated carbocycles. The fraction of sp³-hybridized carbons (Fsp3) is 0.500. The van der Waals surface area contributed by atoms with Gasteiger partial charge in [0.25, 0.3) is 0 Å². The van der Waals surface area contributed by atoms with Gasteiger partial charge in [-0.15, -0.1) is 0 Å². The van der Waals surface area contributed by atoms with E-state index in [4.69, 9.17) is 16.4 Å². The molecule has 1 aromatic carbocycles. The Morgan fingerprint density at radius 1 is 1.24 bits per heavy atom. The quantitative estimate of drug-likeness (QED) is 0.573. The number of rotatable bonds is 4. The highest BCUT2D eigenvalue weighted by Gasteiger charge is 2.10. The first-order chi connectivity index (χ1) is 8.36. The lowest BCUT2D eigenvalue weighted by atomic mass is 9.90. The largest absolute Gasteiger partial charge is 0.391 e. The Morgan fingerprint density at radius 3 is 2.76 bits per heavy atom. The SMILES string of the molecule is Clc1ccccc1CON=CC1CCCCC1. The van der Waals surface area contributed by atoms with Gasteiger partial charge in [0.1, 0.15) is 6.61 Å². The van der Waals surface area contributed by atoms with Gasteiger partial charge in [0.2, 0.25) is 0 Å². The van der Waals surface area contributed by atoms with Crippen LogP contribution in [0.25, 0.3) is 0 Å². The Balaban J connectivity index is 1.75. The molecule has 2 nitrogen and oxygen atoms in total. The lowest BCUT2D eigenvalue weighted by Crippen LogP contribution is -2.07. The van der Waals surface area contributed by atoms with Gasteiger partial charge < -0.3 is 4.84 Å². The van der Waals surface area contributed by atoms with Crippen molar-refractivity contribution in [3.8, 4) is 0 Å². The molecule has 0 amide bonds. The molecule has 17 heavy (non-hydrogen) atoms. The van der Waals surface area contributed by atoms with Crippen molar-refractivity contribution >= 4 is 17.8 Å². The van der Waals surface area contributed by atoms with Gasteiger partial charge in [-0.3, -0.25) is 0 Å². The van der Waals surface area contributed by atoms with Crippen LogP contribution in [0.1, 0.15) is 37.7 Å². The van der Waals surface area contributed by atoms with Gasteiger partial charge in [-0.2, -0.15) is 0 Å². The number of hydrogen-bond donors (Lipinski definition) is 0. The highest BCUT2D eigenvalue weighted by Crippen LogP contribution is 2.22. The minimum Gasteiger partial charge on any atom is -0.391 e. The predicted octanol–water partition coefficient (Wildman–Crippen LogP) is 4.42. The first kappa shape index (κ1) is 12.4. The van der Waals surface area contributed by atoms with E-state index in [9.17, 15) is 0 Å². The summed E-state index contributed by atoms with van der Waals surface area (Å²) in [6.45, 7) is 0.447. The van der Waals surface area contributed by atoms with Crippen molar-refractivity contribution in [2.24, 2.45) is 11.1 Å². The van der Waals surface area contributed by atoms with Crippen LogP contribution >= 0.6 is 11.6 Å². The third kappa shape index (κ3) is 4.04. The molecule has 0 atom stereocenters. The summed E-state index contributed by atoms with van der Waals surface area (Å²) in [6, 6.07) is 7.69. The van der Waals surface area contributed by atoms with Crippen molar-refractivity contribution in [3.05, 3.63) is 34.9 Å². The zero-order valence-electron chi connectivity index (χ0n) is 9.94. The zero-order chi connectivity index (χ0) is 11.9. The van der Waals surface area contributed by atoms with Crippen LogP contribution in [-0.2, 0) is 11.4 Å². The van der Waals surface area contributed by atoms with E-state index in [1.54, 1.807) is 0 Å². The van der Waals surface area contributed by atoms with Crippen molar-refractivity contribution in [2.45, 2.75) is 38.7 Å². The third-order valence-electron chi connectivity index (χ3n) is 3.17. The van der Waals surface area contributed by atoms with E-state index >= 15 is 0 Å². The first-order valence-corrected chi connectivity index (χ1v) is 6.63. The van der Waals surface area contributed by atoms with Crippen LogP contribution in [0, 0.1) is 5.92 Å². The minimum absolute atomic E-state index is 0.447. The molecule has 1 aromatic rings. The van der Waals surface area contributed by atoms with Crippen LogP contribution in [0.15, 0.2) is 29.4 Å². The van der Waals surface area contributed by atoms with Crippen LogP contribution in [0.5, 0.6) is 0 Å². The molecule has 0 spiro atoms. The van der Waals surface area contributed by atoms with Gasteiger partial charge in [-0.05, 0) is 24.8 Å². The van der Waals surface area contributed by atoms with E-state index < -0.39 is 0 Å². The van der Waals surface area contributed by atoms with Gasteiger partial charge in [0.05, 0.1) is 0 Å². The summed E-state index contributed by atoms with van der Waals surface area (Å²) in [7, 11) is 0. The molecule has 1 aliphatic carbocycles.